The number of ether oxygens (including phenoxy) is 1. The van der Waals surface area contributed by atoms with Crippen molar-refractivity contribution < 1.29 is 14.6 Å². The first-order chi connectivity index (χ1) is 11.1. The summed E-state index contributed by atoms with van der Waals surface area (Å²) in [5.74, 6) is -0.609. The Balaban J connectivity index is 2.41. The largest absolute Gasteiger partial charge is 0.464 e. The van der Waals surface area contributed by atoms with Crippen LogP contribution < -0.4 is 4.90 Å². The molecular formula is C19H23NO3. The molecule has 0 heterocycles. The number of hydrogen-bond acceptors (Lipinski definition) is 4. The van der Waals surface area contributed by atoms with Crippen molar-refractivity contribution in [2.45, 2.75) is 26.0 Å². The van der Waals surface area contributed by atoms with Gasteiger partial charge < -0.3 is 14.7 Å². The number of hydrogen-bond donors (Lipinski definition) is 1. The molecule has 0 aliphatic carbocycles. The average Bonchev–Trinajstić information content (AvgIpc) is 2.56. The summed E-state index contributed by atoms with van der Waals surface area (Å²) < 4.78 is 5.01. The monoisotopic (exact) mass is 313 g/mol. The van der Waals surface area contributed by atoms with Gasteiger partial charge in [0.2, 0.25) is 0 Å². The van der Waals surface area contributed by atoms with E-state index in [4.69, 9.17) is 4.74 Å². The fourth-order valence-electron chi connectivity index (χ4n) is 2.73. The van der Waals surface area contributed by atoms with Crippen LogP contribution in [0.2, 0.25) is 0 Å². The van der Waals surface area contributed by atoms with E-state index in [0.717, 1.165) is 16.8 Å². The van der Waals surface area contributed by atoms with Crippen LogP contribution in [0.1, 0.15) is 24.1 Å². The summed E-state index contributed by atoms with van der Waals surface area (Å²) in [5, 5.41) is 10.6. The Morgan fingerprint density at radius 1 is 1.13 bits per heavy atom. The molecule has 0 aromatic heterocycles. The van der Waals surface area contributed by atoms with Crippen molar-refractivity contribution in [3.8, 4) is 0 Å². The predicted octanol–water partition coefficient (Wildman–Crippen LogP) is 3.10. The predicted molar refractivity (Wildman–Crippen MR) is 91.4 cm³/mol. The Morgan fingerprint density at radius 2 is 1.74 bits per heavy atom. The highest BCUT2D eigenvalue weighted by Crippen LogP contribution is 2.31. The van der Waals surface area contributed by atoms with Gasteiger partial charge >= 0.3 is 5.97 Å². The number of rotatable bonds is 6. The molecule has 2 aromatic carbocycles. The first kappa shape index (κ1) is 17.0. The minimum absolute atomic E-state index is 0.242. The van der Waals surface area contributed by atoms with E-state index in [1.807, 2.05) is 73.5 Å². The molecule has 0 saturated heterocycles. The number of aliphatic hydroxyl groups is 1. The summed E-state index contributed by atoms with van der Waals surface area (Å²) in [6.07, 6.45) is -1.26. The number of aliphatic hydroxyl groups excluding tert-OH is 1. The smallest absolute Gasteiger partial charge is 0.337 e. The number of esters is 1. The second-order valence-corrected chi connectivity index (χ2v) is 5.45. The van der Waals surface area contributed by atoms with Gasteiger partial charge in [-0.1, -0.05) is 48.5 Å². The van der Waals surface area contributed by atoms with Crippen LogP contribution in [0.15, 0.2) is 54.6 Å². The van der Waals surface area contributed by atoms with Crippen molar-refractivity contribution in [3.63, 3.8) is 0 Å². The second-order valence-electron chi connectivity index (χ2n) is 5.45. The molecule has 1 N–H and O–H groups in total. The first-order valence-corrected chi connectivity index (χ1v) is 7.74. The average molecular weight is 313 g/mol. The van der Waals surface area contributed by atoms with Gasteiger partial charge in [-0.2, -0.15) is 0 Å². The molecule has 2 atom stereocenters. The highest BCUT2D eigenvalue weighted by molar-refractivity contribution is 5.76. The summed E-state index contributed by atoms with van der Waals surface area (Å²) in [6.45, 7) is 3.98. The van der Waals surface area contributed by atoms with E-state index in [-0.39, 0.29) is 6.61 Å². The van der Waals surface area contributed by atoms with E-state index in [9.17, 15) is 9.90 Å². The van der Waals surface area contributed by atoms with Crippen molar-refractivity contribution >= 4 is 11.7 Å². The van der Waals surface area contributed by atoms with E-state index < -0.39 is 18.1 Å². The Morgan fingerprint density at radius 3 is 2.35 bits per heavy atom. The van der Waals surface area contributed by atoms with Gasteiger partial charge in [0, 0.05) is 12.7 Å². The van der Waals surface area contributed by atoms with Gasteiger partial charge in [-0.05, 0) is 31.0 Å². The van der Waals surface area contributed by atoms with Crippen molar-refractivity contribution in [2.75, 3.05) is 18.6 Å². The zero-order chi connectivity index (χ0) is 16.8. The number of carbonyl (C=O) groups is 1. The fraction of sp³-hybridized carbons (Fsp3) is 0.316. The van der Waals surface area contributed by atoms with E-state index in [1.165, 1.54) is 0 Å². The minimum atomic E-state index is -1.26. The van der Waals surface area contributed by atoms with Crippen molar-refractivity contribution in [2.24, 2.45) is 0 Å². The lowest BCUT2D eigenvalue weighted by molar-refractivity contribution is -0.154. The molecule has 0 saturated carbocycles. The maximum atomic E-state index is 12.1. The van der Waals surface area contributed by atoms with E-state index >= 15 is 0 Å². The second kappa shape index (κ2) is 7.79. The summed E-state index contributed by atoms with van der Waals surface area (Å²) >= 11 is 0. The van der Waals surface area contributed by atoms with Crippen LogP contribution in [0.4, 0.5) is 5.69 Å². The van der Waals surface area contributed by atoms with Crippen molar-refractivity contribution in [1.82, 2.24) is 0 Å². The molecule has 4 heteroatoms. The molecule has 2 aromatic rings. The summed E-state index contributed by atoms with van der Waals surface area (Å²) in [4.78, 5) is 14.0. The third-order valence-corrected chi connectivity index (χ3v) is 3.88. The van der Waals surface area contributed by atoms with E-state index in [2.05, 4.69) is 0 Å². The molecule has 0 amide bonds. The molecule has 122 valence electrons. The number of carbonyl (C=O) groups excluding carboxylic acids is 1. The molecule has 0 bridgehead atoms. The molecule has 0 aliphatic heterocycles. The lowest BCUT2D eigenvalue weighted by atomic mass is 9.98. The summed E-state index contributed by atoms with van der Waals surface area (Å²) in [5.41, 5.74) is 2.90. The number of benzene rings is 2. The number of nitrogens with zero attached hydrogens (tertiary/aromatic N) is 1. The summed E-state index contributed by atoms with van der Waals surface area (Å²) in [7, 11) is 1.88. The zero-order valence-electron chi connectivity index (χ0n) is 13.8. The quantitative estimate of drug-likeness (QED) is 0.833. The molecular weight excluding hydrogens is 290 g/mol. The van der Waals surface area contributed by atoms with Gasteiger partial charge in [-0.15, -0.1) is 0 Å². The highest BCUT2D eigenvalue weighted by atomic mass is 16.5. The van der Waals surface area contributed by atoms with Gasteiger partial charge in [0.25, 0.3) is 0 Å². The standard InChI is InChI=1S/C19H23NO3/c1-4-23-19(22)18(21)17(15-11-6-5-7-12-15)20(3)16-13-9-8-10-14(16)2/h5-13,17-18,21H,4H2,1-3H3. The van der Waals surface area contributed by atoms with Crippen LogP contribution in [0.25, 0.3) is 0 Å². The lowest BCUT2D eigenvalue weighted by Gasteiger charge is -2.33. The third-order valence-electron chi connectivity index (χ3n) is 3.88. The molecule has 2 unspecified atom stereocenters. The number of aryl methyl sites for hydroxylation is 1. The van der Waals surface area contributed by atoms with Crippen LogP contribution in [0, 0.1) is 6.92 Å². The maximum Gasteiger partial charge on any atom is 0.337 e. The molecule has 23 heavy (non-hydrogen) atoms. The Bertz CT molecular complexity index is 642. The topological polar surface area (TPSA) is 49.8 Å². The van der Waals surface area contributed by atoms with Gasteiger partial charge in [0.05, 0.1) is 12.6 Å². The number of anilines is 1. The molecule has 0 aliphatic rings. The van der Waals surface area contributed by atoms with Crippen LogP contribution in [-0.4, -0.2) is 30.8 Å². The molecule has 2 rings (SSSR count). The normalized spacial score (nSPS) is 13.2. The van der Waals surface area contributed by atoms with Gasteiger partial charge in [0.15, 0.2) is 6.10 Å². The molecule has 0 fully saturated rings. The Hall–Kier alpha value is -2.33. The van der Waals surface area contributed by atoms with Crippen LogP contribution in [0.5, 0.6) is 0 Å². The third kappa shape index (κ3) is 3.90. The van der Waals surface area contributed by atoms with Crippen LogP contribution >= 0.6 is 0 Å². The first-order valence-electron chi connectivity index (χ1n) is 7.74. The Labute approximate surface area is 137 Å². The highest BCUT2D eigenvalue weighted by Gasteiger charge is 2.32. The fourth-order valence-corrected chi connectivity index (χ4v) is 2.73. The Kier molecular flexibility index (Phi) is 5.77. The van der Waals surface area contributed by atoms with Crippen molar-refractivity contribution in [1.29, 1.82) is 0 Å². The molecule has 0 radical (unpaired) electrons. The molecule has 4 nitrogen and oxygen atoms in total. The van der Waals surface area contributed by atoms with Gasteiger partial charge in [-0.3, -0.25) is 0 Å². The lowest BCUT2D eigenvalue weighted by Crippen LogP contribution is -2.40. The number of para-hydroxylation sites is 1. The maximum absolute atomic E-state index is 12.1. The van der Waals surface area contributed by atoms with Gasteiger partial charge in [-0.25, -0.2) is 4.79 Å². The van der Waals surface area contributed by atoms with E-state index in [0.29, 0.717) is 0 Å². The van der Waals surface area contributed by atoms with Crippen molar-refractivity contribution in [3.05, 3.63) is 65.7 Å². The zero-order valence-corrected chi connectivity index (χ0v) is 13.8. The SMILES string of the molecule is CCOC(=O)C(O)C(c1ccccc1)N(C)c1ccccc1C. The summed E-state index contributed by atoms with van der Waals surface area (Å²) in [6, 6.07) is 16.9. The van der Waals surface area contributed by atoms with Gasteiger partial charge in [0.1, 0.15) is 0 Å². The van der Waals surface area contributed by atoms with Crippen LogP contribution in [-0.2, 0) is 9.53 Å². The van der Waals surface area contributed by atoms with Crippen LogP contribution in [0.3, 0.4) is 0 Å². The van der Waals surface area contributed by atoms with E-state index in [1.54, 1.807) is 6.92 Å². The number of likely N-dealkylation sites (N-methyl/N-ethyl adjacent to an activating group) is 1. The minimum Gasteiger partial charge on any atom is -0.464 e. The molecule has 0 spiro atoms.